The van der Waals surface area contributed by atoms with Gasteiger partial charge in [0.05, 0.1) is 0 Å². The van der Waals surface area contributed by atoms with Gasteiger partial charge in [-0.3, -0.25) is 4.90 Å². The molecule has 5 heteroatoms. The number of likely N-dealkylation sites (N-methyl/N-ethyl adjacent to an activating group) is 1. The smallest absolute Gasteiger partial charge is 0.409 e. The molecule has 0 aromatic heterocycles. The van der Waals surface area contributed by atoms with E-state index < -0.39 is 12.3 Å². The van der Waals surface area contributed by atoms with E-state index in [0.717, 1.165) is 29.2 Å². The molecule has 0 radical (unpaired) electrons. The summed E-state index contributed by atoms with van der Waals surface area (Å²) in [5.41, 5.74) is 2.19. The number of nitrogens with zero attached hydrogens (tertiary/aromatic N) is 1. The van der Waals surface area contributed by atoms with Crippen LogP contribution in [-0.4, -0.2) is 29.4 Å². The molecular weight excluding hydrogens is 290 g/mol. The van der Waals surface area contributed by atoms with Crippen molar-refractivity contribution in [2.45, 2.75) is 50.7 Å². The lowest BCUT2D eigenvalue weighted by atomic mass is 9.83. The second kappa shape index (κ2) is 5.76. The summed E-state index contributed by atoms with van der Waals surface area (Å²) in [5.74, 6) is 1.35. The first kappa shape index (κ1) is 14.5. The minimum atomic E-state index is -0.974. The van der Waals surface area contributed by atoms with Crippen LogP contribution in [0.3, 0.4) is 0 Å². The fourth-order valence-electron chi connectivity index (χ4n) is 3.39. The summed E-state index contributed by atoms with van der Waals surface area (Å²) < 4.78 is 5.96. The fraction of sp³-hybridized carbons (Fsp3) is 0.562. The molecule has 1 heterocycles. The summed E-state index contributed by atoms with van der Waals surface area (Å²) in [4.78, 5) is 12.3. The average Bonchev–Trinajstić information content (AvgIpc) is 2.90. The van der Waals surface area contributed by atoms with Gasteiger partial charge in [0.1, 0.15) is 5.75 Å². The molecule has 1 unspecified atom stereocenters. The van der Waals surface area contributed by atoms with Gasteiger partial charge in [0.25, 0.3) is 0 Å². The summed E-state index contributed by atoms with van der Waals surface area (Å²) in [7, 11) is 1.54. The molecule has 1 fully saturated rings. The molecule has 4 nitrogen and oxygen atoms in total. The standard InChI is InChI=1S/C16H20ClNO3/c1-18(16(19)20)14-8-11-7-12(17)9-13(15(11)21-14)10-5-3-2-4-6-10/h7,9-10,14H,2-6,8H2,1H3,(H,19,20). The monoisotopic (exact) mass is 309 g/mol. The van der Waals surface area contributed by atoms with Crippen LogP contribution in [0.4, 0.5) is 4.79 Å². The molecule has 1 aromatic rings. The minimum Gasteiger partial charge on any atom is -0.469 e. The van der Waals surface area contributed by atoms with Gasteiger partial charge in [-0.15, -0.1) is 0 Å². The molecule has 1 aromatic carbocycles. The van der Waals surface area contributed by atoms with E-state index in [0.29, 0.717) is 12.3 Å². The molecule has 0 spiro atoms. The number of ether oxygens (including phenoxy) is 1. The van der Waals surface area contributed by atoms with Crippen molar-refractivity contribution in [3.8, 4) is 5.75 Å². The second-order valence-electron chi connectivity index (χ2n) is 5.99. The summed E-state index contributed by atoms with van der Waals surface area (Å²) in [6.07, 6.45) is 5.25. The van der Waals surface area contributed by atoms with E-state index in [1.807, 2.05) is 12.1 Å². The number of hydrogen-bond acceptors (Lipinski definition) is 2. The maximum absolute atomic E-state index is 11.1. The van der Waals surface area contributed by atoms with Gasteiger partial charge in [-0.1, -0.05) is 30.9 Å². The number of carbonyl (C=O) groups is 1. The molecule has 0 bridgehead atoms. The Kier molecular flexibility index (Phi) is 3.98. The number of halogens is 1. The Bertz CT molecular complexity index is 555. The summed E-state index contributed by atoms with van der Waals surface area (Å²) in [5, 5.41) is 9.83. The van der Waals surface area contributed by atoms with Gasteiger partial charge in [-0.2, -0.15) is 0 Å². The first-order valence-corrected chi connectivity index (χ1v) is 7.89. The molecule has 1 atom stereocenters. The fourth-order valence-corrected chi connectivity index (χ4v) is 3.64. The largest absolute Gasteiger partial charge is 0.469 e. The van der Waals surface area contributed by atoms with Crippen LogP contribution in [0.25, 0.3) is 0 Å². The molecule has 2 aliphatic rings. The van der Waals surface area contributed by atoms with Crippen molar-refractivity contribution >= 4 is 17.7 Å². The van der Waals surface area contributed by atoms with Crippen LogP contribution in [0.2, 0.25) is 5.02 Å². The number of rotatable bonds is 2. The van der Waals surface area contributed by atoms with E-state index in [9.17, 15) is 4.79 Å². The molecule has 1 aliphatic carbocycles. The van der Waals surface area contributed by atoms with Crippen molar-refractivity contribution in [2.75, 3.05) is 7.05 Å². The highest BCUT2D eigenvalue weighted by molar-refractivity contribution is 6.30. The molecule has 1 amide bonds. The Morgan fingerprint density at radius 2 is 2.05 bits per heavy atom. The van der Waals surface area contributed by atoms with Crippen LogP contribution in [-0.2, 0) is 6.42 Å². The number of benzene rings is 1. The highest BCUT2D eigenvalue weighted by atomic mass is 35.5. The molecule has 3 rings (SSSR count). The summed E-state index contributed by atoms with van der Waals surface area (Å²) >= 11 is 6.25. The van der Waals surface area contributed by atoms with Gasteiger partial charge in [0, 0.05) is 24.1 Å². The quantitative estimate of drug-likeness (QED) is 0.888. The zero-order valence-corrected chi connectivity index (χ0v) is 12.9. The lowest BCUT2D eigenvalue weighted by Gasteiger charge is -2.25. The molecule has 1 aliphatic heterocycles. The lowest BCUT2D eigenvalue weighted by Crippen LogP contribution is -2.39. The predicted octanol–water partition coefficient (Wildman–Crippen LogP) is 4.26. The molecule has 0 saturated heterocycles. The van der Waals surface area contributed by atoms with Gasteiger partial charge < -0.3 is 9.84 Å². The van der Waals surface area contributed by atoms with E-state index in [-0.39, 0.29) is 0 Å². The first-order valence-electron chi connectivity index (χ1n) is 7.51. The third-order valence-corrected chi connectivity index (χ3v) is 4.80. The molecule has 21 heavy (non-hydrogen) atoms. The van der Waals surface area contributed by atoms with Gasteiger partial charge in [-0.25, -0.2) is 4.79 Å². The van der Waals surface area contributed by atoms with E-state index in [1.54, 1.807) is 7.05 Å². The first-order chi connectivity index (χ1) is 10.1. The van der Waals surface area contributed by atoms with Gasteiger partial charge in [0.2, 0.25) is 0 Å². The summed E-state index contributed by atoms with van der Waals surface area (Å²) in [6, 6.07) is 3.90. The molecule has 1 N–H and O–H groups in total. The number of carboxylic acid groups (broad SMARTS) is 1. The highest BCUT2D eigenvalue weighted by Gasteiger charge is 2.33. The Labute approximate surface area is 129 Å². The van der Waals surface area contributed by atoms with E-state index in [1.165, 1.54) is 29.7 Å². The van der Waals surface area contributed by atoms with E-state index in [2.05, 4.69) is 0 Å². The highest BCUT2D eigenvalue weighted by Crippen LogP contribution is 2.44. The zero-order chi connectivity index (χ0) is 15.0. The SMILES string of the molecule is CN(C(=O)O)C1Cc2cc(Cl)cc(C3CCCCC3)c2O1. The third-order valence-electron chi connectivity index (χ3n) is 4.59. The third kappa shape index (κ3) is 2.82. The van der Waals surface area contributed by atoms with Crippen molar-refractivity contribution in [2.24, 2.45) is 0 Å². The number of fused-ring (bicyclic) bond motifs is 1. The van der Waals surface area contributed by atoms with E-state index in [4.69, 9.17) is 21.4 Å². The normalized spacial score (nSPS) is 21.7. The van der Waals surface area contributed by atoms with Crippen molar-refractivity contribution < 1.29 is 14.6 Å². The Hall–Kier alpha value is -1.42. The number of hydrogen-bond donors (Lipinski definition) is 1. The Morgan fingerprint density at radius 3 is 2.71 bits per heavy atom. The predicted molar refractivity (Wildman–Crippen MR) is 81.2 cm³/mol. The average molecular weight is 310 g/mol. The van der Waals surface area contributed by atoms with Crippen LogP contribution in [0.15, 0.2) is 12.1 Å². The molecular formula is C16H20ClNO3. The maximum Gasteiger partial charge on any atom is 0.409 e. The van der Waals surface area contributed by atoms with Crippen molar-refractivity contribution in [1.82, 2.24) is 4.90 Å². The van der Waals surface area contributed by atoms with Crippen molar-refractivity contribution in [3.63, 3.8) is 0 Å². The zero-order valence-electron chi connectivity index (χ0n) is 12.1. The Balaban J connectivity index is 1.90. The van der Waals surface area contributed by atoms with Crippen molar-refractivity contribution in [1.29, 1.82) is 0 Å². The van der Waals surface area contributed by atoms with Crippen molar-refractivity contribution in [3.05, 3.63) is 28.3 Å². The van der Waals surface area contributed by atoms with Crippen LogP contribution in [0, 0.1) is 0 Å². The number of amides is 1. The topological polar surface area (TPSA) is 49.8 Å². The van der Waals surface area contributed by atoms with Crippen LogP contribution in [0.1, 0.15) is 49.1 Å². The summed E-state index contributed by atoms with van der Waals surface area (Å²) in [6.45, 7) is 0. The Morgan fingerprint density at radius 1 is 1.33 bits per heavy atom. The maximum atomic E-state index is 11.1. The van der Waals surface area contributed by atoms with Crippen LogP contribution < -0.4 is 4.74 Å². The van der Waals surface area contributed by atoms with Crippen LogP contribution >= 0.6 is 11.6 Å². The molecule has 1 saturated carbocycles. The molecule has 114 valence electrons. The van der Waals surface area contributed by atoms with Gasteiger partial charge >= 0.3 is 6.09 Å². The minimum absolute atomic E-state index is 0.446. The second-order valence-corrected chi connectivity index (χ2v) is 6.42. The van der Waals surface area contributed by atoms with Gasteiger partial charge in [0.15, 0.2) is 6.23 Å². The van der Waals surface area contributed by atoms with E-state index >= 15 is 0 Å². The lowest BCUT2D eigenvalue weighted by molar-refractivity contribution is 0.0600. The van der Waals surface area contributed by atoms with Crippen LogP contribution in [0.5, 0.6) is 5.75 Å². The van der Waals surface area contributed by atoms with Gasteiger partial charge in [-0.05, 0) is 36.5 Å².